The molecule has 2 heterocycles. The van der Waals surface area contributed by atoms with Gasteiger partial charge in [0.1, 0.15) is 5.82 Å². The van der Waals surface area contributed by atoms with Crippen LogP contribution in [0, 0.1) is 0 Å². The summed E-state index contributed by atoms with van der Waals surface area (Å²) in [7, 11) is -1.23. The molecule has 0 aliphatic carbocycles. The van der Waals surface area contributed by atoms with Crippen molar-refractivity contribution in [2.24, 2.45) is 12.2 Å². The summed E-state index contributed by atoms with van der Waals surface area (Å²) in [5, 5.41) is 8.69. The van der Waals surface area contributed by atoms with Gasteiger partial charge in [-0.1, -0.05) is 0 Å². The Kier molecular flexibility index (Phi) is 5.67. The van der Waals surface area contributed by atoms with E-state index in [9.17, 15) is 12.6 Å². The van der Waals surface area contributed by atoms with Crippen LogP contribution >= 0.6 is 0 Å². The lowest BCUT2D eigenvalue weighted by atomic mass is 10.2. The second-order valence-corrected chi connectivity index (χ2v) is 9.91. The van der Waals surface area contributed by atoms with E-state index in [2.05, 4.69) is 20.3 Å². The third-order valence-electron chi connectivity index (χ3n) is 4.89. The van der Waals surface area contributed by atoms with Gasteiger partial charge in [-0.25, -0.2) is 23.5 Å². The smallest absolute Gasteiger partial charge is 0.238 e. The minimum Gasteiger partial charge on any atom is -0.329 e. The fourth-order valence-corrected chi connectivity index (χ4v) is 4.44. The molecule has 0 aliphatic heterocycles. The van der Waals surface area contributed by atoms with Crippen LogP contribution in [-0.4, -0.2) is 45.4 Å². The molecule has 2 aromatic heterocycles. The molecule has 0 saturated heterocycles. The van der Waals surface area contributed by atoms with Gasteiger partial charge in [0.05, 0.1) is 26.7 Å². The Labute approximate surface area is 187 Å². The predicted molar refractivity (Wildman–Crippen MR) is 124 cm³/mol. The molecule has 0 spiro atoms. The molecule has 10 nitrogen and oxygen atoms in total. The van der Waals surface area contributed by atoms with E-state index in [1.165, 1.54) is 12.1 Å². The lowest BCUT2D eigenvalue weighted by Gasteiger charge is -2.19. The van der Waals surface area contributed by atoms with Gasteiger partial charge >= 0.3 is 0 Å². The van der Waals surface area contributed by atoms with Gasteiger partial charge < -0.3 is 14.8 Å². The first-order valence-electron chi connectivity index (χ1n) is 9.40. The third kappa shape index (κ3) is 4.33. The number of aromatic nitrogens is 4. The van der Waals surface area contributed by atoms with Gasteiger partial charge in [-0.2, -0.15) is 4.98 Å². The van der Waals surface area contributed by atoms with E-state index in [0.717, 1.165) is 16.7 Å². The maximum atomic E-state index is 11.9. The number of nitrogens with one attached hydrogen (secondary N) is 1. The van der Waals surface area contributed by atoms with Crippen LogP contribution in [0.5, 0.6) is 0 Å². The number of rotatable bonds is 6. The van der Waals surface area contributed by atoms with Gasteiger partial charge in [0, 0.05) is 37.9 Å². The van der Waals surface area contributed by atoms with Crippen LogP contribution in [0.15, 0.2) is 64.8 Å². The largest absolute Gasteiger partial charge is 0.329 e. The first-order valence-corrected chi connectivity index (χ1v) is 12.5. The molecule has 0 saturated carbocycles. The predicted octanol–water partition coefficient (Wildman–Crippen LogP) is 2.26. The number of benzene rings is 2. The summed E-state index contributed by atoms with van der Waals surface area (Å²) in [6.07, 6.45) is 3.23. The molecule has 0 amide bonds. The van der Waals surface area contributed by atoms with Crippen LogP contribution in [-0.2, 0) is 27.9 Å². The molecule has 0 radical (unpaired) electrons. The molecule has 3 N–H and O–H groups in total. The number of aryl methyl sites for hydroxylation is 1. The van der Waals surface area contributed by atoms with Crippen molar-refractivity contribution in [1.82, 2.24) is 19.5 Å². The molecule has 4 aromatic rings. The van der Waals surface area contributed by atoms with Crippen LogP contribution in [0.1, 0.15) is 0 Å². The fraction of sp³-hybridized carbons (Fsp3) is 0.150. The summed E-state index contributed by atoms with van der Waals surface area (Å²) >= 11 is 0. The number of sulfonamides is 1. The molecule has 1 unspecified atom stereocenters. The van der Waals surface area contributed by atoms with Crippen molar-refractivity contribution in [3.05, 3.63) is 54.7 Å². The summed E-state index contributed by atoms with van der Waals surface area (Å²) in [4.78, 5) is 15.2. The minimum atomic E-state index is -3.75. The monoisotopic (exact) mass is 471 g/mol. The van der Waals surface area contributed by atoms with Gasteiger partial charge in [-0.15, -0.1) is 0 Å². The zero-order valence-corrected chi connectivity index (χ0v) is 19.2. The molecule has 4 rings (SSSR count). The van der Waals surface area contributed by atoms with Crippen molar-refractivity contribution in [1.29, 1.82) is 0 Å². The van der Waals surface area contributed by atoms with E-state index < -0.39 is 20.8 Å². The van der Waals surface area contributed by atoms with E-state index in [4.69, 9.17) is 5.14 Å². The summed E-state index contributed by atoms with van der Waals surface area (Å²) < 4.78 is 36.5. The van der Waals surface area contributed by atoms with Crippen LogP contribution in [0.25, 0.3) is 11.0 Å². The zero-order valence-electron chi connectivity index (χ0n) is 17.6. The van der Waals surface area contributed by atoms with Crippen LogP contribution in [0.2, 0.25) is 0 Å². The topological polar surface area (TPSA) is 136 Å². The molecule has 32 heavy (non-hydrogen) atoms. The highest BCUT2D eigenvalue weighted by atomic mass is 32.2. The number of primary sulfonamides is 1. The Morgan fingerprint density at radius 2 is 1.81 bits per heavy atom. The number of hydrogen-bond acceptors (Lipinski definition) is 8. The molecule has 0 fully saturated rings. The first kappa shape index (κ1) is 21.9. The van der Waals surface area contributed by atoms with Crippen LogP contribution in [0.4, 0.5) is 23.1 Å². The highest BCUT2D eigenvalue weighted by molar-refractivity contribution is 7.89. The van der Waals surface area contributed by atoms with Crippen LogP contribution < -0.4 is 15.4 Å². The maximum absolute atomic E-state index is 11.9. The van der Waals surface area contributed by atoms with Gasteiger partial charge in [-0.05, 0) is 48.5 Å². The first-order chi connectivity index (χ1) is 15.1. The number of nitrogens with zero attached hydrogens (tertiary/aromatic N) is 5. The fourth-order valence-electron chi connectivity index (χ4n) is 3.22. The molecule has 0 aliphatic rings. The highest BCUT2D eigenvalue weighted by Gasteiger charge is 2.14. The Morgan fingerprint density at radius 3 is 2.47 bits per heavy atom. The number of hydrogen-bond donors (Lipinski definition) is 2. The highest BCUT2D eigenvalue weighted by Crippen LogP contribution is 2.27. The van der Waals surface area contributed by atoms with E-state index in [0.29, 0.717) is 22.6 Å². The normalized spacial score (nSPS) is 12.6. The number of imidazole rings is 1. The summed E-state index contributed by atoms with van der Waals surface area (Å²) in [5.41, 5.74) is 3.10. The number of anilines is 4. The van der Waals surface area contributed by atoms with Crippen molar-refractivity contribution >= 4 is 55.0 Å². The van der Waals surface area contributed by atoms with E-state index in [1.807, 2.05) is 41.8 Å². The number of fused-ring (bicyclic) bond motifs is 1. The van der Waals surface area contributed by atoms with E-state index in [-0.39, 0.29) is 4.90 Å². The minimum absolute atomic E-state index is 0.0254. The van der Waals surface area contributed by atoms with E-state index >= 15 is 0 Å². The quantitative estimate of drug-likeness (QED) is 0.437. The van der Waals surface area contributed by atoms with Crippen molar-refractivity contribution in [3.8, 4) is 0 Å². The average molecular weight is 472 g/mol. The Hall–Kier alpha value is -3.35. The summed E-state index contributed by atoms with van der Waals surface area (Å²) in [6.45, 7) is 0. The van der Waals surface area contributed by atoms with Crippen molar-refractivity contribution in [2.45, 2.75) is 10.1 Å². The van der Waals surface area contributed by atoms with E-state index in [1.54, 1.807) is 30.7 Å². The van der Waals surface area contributed by atoms with Gasteiger partial charge in [0.15, 0.2) is 5.16 Å². The molecule has 12 heteroatoms. The van der Waals surface area contributed by atoms with Crippen molar-refractivity contribution < 1.29 is 12.6 Å². The molecular formula is C20H21N7O3S2. The van der Waals surface area contributed by atoms with Crippen molar-refractivity contribution in [3.63, 3.8) is 0 Å². The average Bonchev–Trinajstić information content (AvgIpc) is 3.09. The lowest BCUT2D eigenvalue weighted by molar-refractivity contribution is 0.598. The molecule has 1 atom stereocenters. The zero-order chi connectivity index (χ0) is 23.0. The summed E-state index contributed by atoms with van der Waals surface area (Å²) in [5.74, 6) is 0.985. The Morgan fingerprint density at radius 1 is 1.09 bits per heavy atom. The van der Waals surface area contributed by atoms with Gasteiger partial charge in [0.25, 0.3) is 0 Å². The number of nitrogens with two attached hydrogens (primary N) is 1. The lowest BCUT2D eigenvalue weighted by Crippen LogP contribution is -2.13. The molecule has 2 aromatic carbocycles. The molecule has 0 bridgehead atoms. The van der Waals surface area contributed by atoms with Gasteiger partial charge in [-0.3, -0.25) is 4.21 Å². The molecular weight excluding hydrogens is 450 g/mol. The second kappa shape index (κ2) is 8.30. The summed E-state index contributed by atoms with van der Waals surface area (Å²) in [6, 6.07) is 13.5. The second-order valence-electron chi connectivity index (χ2n) is 7.07. The Bertz CT molecular complexity index is 1430. The van der Waals surface area contributed by atoms with Crippen molar-refractivity contribution in [2.75, 3.05) is 23.5 Å². The molecule has 166 valence electrons. The maximum Gasteiger partial charge on any atom is 0.238 e. The van der Waals surface area contributed by atoms with Gasteiger partial charge in [0.2, 0.25) is 16.0 Å². The Balaban J connectivity index is 1.59. The third-order valence-corrected chi connectivity index (χ3v) is 6.70. The van der Waals surface area contributed by atoms with Crippen LogP contribution in [0.3, 0.4) is 0 Å². The SMILES string of the molecule is CN(c1ccc2c(c1)nc(S(C)=O)n2C)c1ccnc(Nc2ccc(S(N)(=O)=O)cc2)n1. The standard InChI is InChI=1S/C20H21N7O3S2/c1-26(14-6-9-17-16(12-14)24-20(27(17)2)31(3)28)18-10-11-22-19(25-18)23-13-4-7-15(8-5-13)32(21,29)30/h4-12H,1-3H3,(H2,21,29,30)(H,22,23,25).